The Kier molecular flexibility index (Phi) is 13.5. The molecular formula is C6H11BrO. The number of carbonyl (C=O) groups excluding carboxylic acids is 1. The number of ketones is 1. The van der Waals surface area contributed by atoms with E-state index in [0.29, 0.717) is 11.8 Å². The molecule has 8 heavy (non-hydrogen) atoms. The Labute approximate surface area is 58.9 Å². The van der Waals surface area contributed by atoms with Crippen molar-refractivity contribution in [3.05, 3.63) is 13.2 Å². The zero-order chi connectivity index (χ0) is 6.99. The van der Waals surface area contributed by atoms with Crippen LogP contribution in [0, 0.1) is 0 Å². The first-order chi connectivity index (χ1) is 3.81. The van der Waals surface area contributed by atoms with Gasteiger partial charge in [-0.25, -0.2) is 0 Å². The molecule has 0 aromatic carbocycles. The molecule has 0 fully saturated rings. The van der Waals surface area contributed by atoms with Crippen LogP contribution in [0.5, 0.6) is 0 Å². The van der Waals surface area contributed by atoms with Crippen molar-refractivity contribution in [2.45, 2.75) is 13.3 Å². The smallest absolute Gasteiger partial charge is 0.143 e. The van der Waals surface area contributed by atoms with Gasteiger partial charge in [0.25, 0.3) is 0 Å². The van der Waals surface area contributed by atoms with E-state index < -0.39 is 0 Å². The van der Waals surface area contributed by atoms with E-state index in [1.807, 2.05) is 6.92 Å². The molecule has 0 N–H and O–H groups in total. The van der Waals surface area contributed by atoms with Crippen LogP contribution in [0.2, 0.25) is 0 Å². The molecule has 0 heterocycles. The maximum atomic E-state index is 10.1. The number of hydrogen-bond donors (Lipinski definition) is 0. The van der Waals surface area contributed by atoms with E-state index in [0.717, 1.165) is 0 Å². The lowest BCUT2D eigenvalue weighted by Gasteiger charge is -1.79. The van der Waals surface area contributed by atoms with Crippen molar-refractivity contribution < 1.29 is 4.79 Å². The monoisotopic (exact) mass is 178 g/mol. The summed E-state index contributed by atoms with van der Waals surface area (Å²) in [5.41, 5.74) is 0. The summed E-state index contributed by atoms with van der Waals surface area (Å²) in [6.07, 6.45) is 0.644. The van der Waals surface area contributed by atoms with Crippen LogP contribution in [-0.4, -0.2) is 11.1 Å². The average molecular weight is 179 g/mol. The van der Waals surface area contributed by atoms with Gasteiger partial charge in [0.1, 0.15) is 5.78 Å². The molecular weight excluding hydrogens is 168 g/mol. The molecule has 0 radical (unpaired) electrons. The molecule has 0 aromatic rings. The summed E-state index contributed by atoms with van der Waals surface area (Å²) >= 11 is 3.03. The third-order valence-corrected chi connectivity index (χ3v) is 1.17. The van der Waals surface area contributed by atoms with Crippen LogP contribution < -0.4 is 0 Å². The van der Waals surface area contributed by atoms with Gasteiger partial charge in [-0.05, 0) is 0 Å². The molecule has 2 heteroatoms. The van der Waals surface area contributed by atoms with E-state index in [4.69, 9.17) is 0 Å². The van der Waals surface area contributed by atoms with Crippen molar-refractivity contribution in [1.82, 2.24) is 0 Å². The second-order valence-electron chi connectivity index (χ2n) is 1.03. The minimum absolute atomic E-state index is 0.259. The van der Waals surface area contributed by atoms with Gasteiger partial charge in [-0.2, -0.15) is 0 Å². The van der Waals surface area contributed by atoms with Gasteiger partial charge in [0, 0.05) is 6.42 Å². The third-order valence-electron chi connectivity index (χ3n) is 0.543. The number of halogens is 1. The summed E-state index contributed by atoms with van der Waals surface area (Å²) in [4.78, 5) is 10.1. The minimum atomic E-state index is 0.259. The summed E-state index contributed by atoms with van der Waals surface area (Å²) in [6, 6.07) is 0. The number of Topliss-reactive ketones (excluding diaryl/α,β-unsaturated/α-hetero) is 1. The van der Waals surface area contributed by atoms with E-state index in [1.165, 1.54) is 0 Å². The van der Waals surface area contributed by atoms with Crippen molar-refractivity contribution in [2.24, 2.45) is 0 Å². The highest BCUT2D eigenvalue weighted by molar-refractivity contribution is 9.09. The van der Waals surface area contributed by atoms with Crippen LogP contribution in [0.1, 0.15) is 13.3 Å². The van der Waals surface area contributed by atoms with Crippen molar-refractivity contribution >= 4 is 21.7 Å². The molecule has 0 saturated heterocycles. The molecule has 0 rings (SSSR count). The lowest BCUT2D eigenvalue weighted by Crippen LogP contribution is -1.92. The van der Waals surface area contributed by atoms with Crippen LogP contribution >= 0.6 is 15.9 Å². The molecule has 0 unspecified atom stereocenters. The van der Waals surface area contributed by atoms with Crippen molar-refractivity contribution in [1.29, 1.82) is 0 Å². The van der Waals surface area contributed by atoms with E-state index >= 15 is 0 Å². The van der Waals surface area contributed by atoms with Gasteiger partial charge in [-0.1, -0.05) is 22.9 Å². The third kappa shape index (κ3) is 9.31. The van der Waals surface area contributed by atoms with Gasteiger partial charge in [-0.15, -0.1) is 13.2 Å². The molecule has 0 aliphatic rings. The SMILES string of the molecule is C=C.CCC(=O)CBr. The number of carbonyl (C=O) groups is 1. The van der Waals surface area contributed by atoms with Crippen molar-refractivity contribution in [3.8, 4) is 0 Å². The van der Waals surface area contributed by atoms with Crippen LogP contribution in [0.25, 0.3) is 0 Å². The van der Waals surface area contributed by atoms with Crippen molar-refractivity contribution in [2.75, 3.05) is 5.33 Å². The Balaban J connectivity index is 0. The molecule has 0 atom stereocenters. The number of rotatable bonds is 2. The molecule has 48 valence electrons. The lowest BCUT2D eigenvalue weighted by atomic mass is 10.4. The maximum Gasteiger partial charge on any atom is 0.143 e. The van der Waals surface area contributed by atoms with E-state index in [2.05, 4.69) is 29.1 Å². The molecule has 0 spiro atoms. The van der Waals surface area contributed by atoms with E-state index in [9.17, 15) is 4.79 Å². The first-order valence-corrected chi connectivity index (χ1v) is 3.51. The van der Waals surface area contributed by atoms with Gasteiger partial charge in [0.15, 0.2) is 0 Å². The molecule has 0 aromatic heterocycles. The molecule has 0 aliphatic heterocycles. The minimum Gasteiger partial charge on any atom is -0.299 e. The molecule has 1 nitrogen and oxygen atoms in total. The van der Waals surface area contributed by atoms with Crippen LogP contribution in [0.3, 0.4) is 0 Å². The quantitative estimate of drug-likeness (QED) is 0.468. The van der Waals surface area contributed by atoms with Gasteiger partial charge < -0.3 is 0 Å². The second kappa shape index (κ2) is 10.00. The zero-order valence-corrected chi connectivity index (χ0v) is 6.70. The van der Waals surface area contributed by atoms with Crippen LogP contribution in [-0.2, 0) is 4.79 Å². The summed E-state index contributed by atoms with van der Waals surface area (Å²) in [6.45, 7) is 7.85. The normalized spacial score (nSPS) is 6.75. The summed E-state index contributed by atoms with van der Waals surface area (Å²) in [5, 5.41) is 0.503. The molecule has 0 amide bonds. The number of alkyl halides is 1. The highest BCUT2D eigenvalue weighted by Crippen LogP contribution is 1.84. The van der Waals surface area contributed by atoms with Gasteiger partial charge >= 0.3 is 0 Å². The first kappa shape index (κ1) is 10.8. The lowest BCUT2D eigenvalue weighted by molar-refractivity contribution is -0.116. The largest absolute Gasteiger partial charge is 0.299 e. The molecule has 0 saturated carbocycles. The van der Waals surface area contributed by atoms with Gasteiger partial charge in [0.05, 0.1) is 5.33 Å². The highest BCUT2D eigenvalue weighted by atomic mass is 79.9. The highest BCUT2D eigenvalue weighted by Gasteiger charge is 1.88. The fourth-order valence-electron chi connectivity index (χ4n) is 0.0945. The van der Waals surface area contributed by atoms with E-state index in [1.54, 1.807) is 0 Å². The van der Waals surface area contributed by atoms with E-state index in [-0.39, 0.29) is 5.78 Å². The average Bonchev–Trinajstić information content (AvgIpc) is 1.91. The standard InChI is InChI=1S/C4H7BrO.C2H4/c1-2-4(6)3-5;1-2/h2-3H2,1H3;1-2H2. The predicted molar refractivity (Wildman–Crippen MR) is 40.3 cm³/mol. The van der Waals surface area contributed by atoms with Gasteiger partial charge in [-0.3, -0.25) is 4.79 Å². The fraction of sp³-hybridized carbons (Fsp3) is 0.500. The Hall–Kier alpha value is -0.110. The molecule has 0 bridgehead atoms. The van der Waals surface area contributed by atoms with Crippen LogP contribution in [0.4, 0.5) is 0 Å². The predicted octanol–water partition coefficient (Wildman–Crippen LogP) is 2.16. The second-order valence-corrected chi connectivity index (χ2v) is 1.59. The zero-order valence-electron chi connectivity index (χ0n) is 5.11. The summed E-state index contributed by atoms with van der Waals surface area (Å²) in [7, 11) is 0. The van der Waals surface area contributed by atoms with Crippen LogP contribution in [0.15, 0.2) is 13.2 Å². The summed E-state index contributed by atoms with van der Waals surface area (Å²) < 4.78 is 0. The molecule has 0 aliphatic carbocycles. The maximum absolute atomic E-state index is 10.1. The fourth-order valence-corrected chi connectivity index (χ4v) is 0.491. The van der Waals surface area contributed by atoms with Gasteiger partial charge in [0.2, 0.25) is 0 Å². The Morgan fingerprint density at radius 2 is 2.00 bits per heavy atom. The first-order valence-electron chi connectivity index (χ1n) is 2.39. The Morgan fingerprint density at radius 1 is 1.62 bits per heavy atom. The topological polar surface area (TPSA) is 17.1 Å². The van der Waals surface area contributed by atoms with Crippen molar-refractivity contribution in [3.63, 3.8) is 0 Å². The Morgan fingerprint density at radius 3 is 2.00 bits per heavy atom. The summed E-state index contributed by atoms with van der Waals surface area (Å²) in [5.74, 6) is 0.259. The Bertz CT molecular complexity index is 55.5. The number of hydrogen-bond acceptors (Lipinski definition) is 1.